The summed E-state index contributed by atoms with van der Waals surface area (Å²) in [6.07, 6.45) is -2.26. The van der Waals surface area contributed by atoms with Crippen LogP contribution in [0.3, 0.4) is 0 Å². The van der Waals surface area contributed by atoms with Crippen molar-refractivity contribution in [3.8, 4) is 11.6 Å². The summed E-state index contributed by atoms with van der Waals surface area (Å²) < 4.78 is 59.5. The molecule has 0 radical (unpaired) electrons. The highest BCUT2D eigenvalue weighted by molar-refractivity contribution is 6.31. The molecule has 1 heterocycles. The normalized spacial score (nSPS) is 13.4. The second kappa shape index (κ2) is 10.2. The first-order valence-corrected chi connectivity index (χ1v) is 11.3. The predicted molar refractivity (Wildman–Crippen MR) is 123 cm³/mol. The van der Waals surface area contributed by atoms with Crippen LogP contribution in [0.1, 0.15) is 35.1 Å². The summed E-state index contributed by atoms with van der Waals surface area (Å²) in [5.74, 6) is -1.22. The number of benzene rings is 2. The highest BCUT2D eigenvalue weighted by atomic mass is 35.5. The van der Waals surface area contributed by atoms with Gasteiger partial charge in [-0.3, -0.25) is 9.59 Å². The number of aryl methyl sites for hydroxylation is 1. The van der Waals surface area contributed by atoms with Gasteiger partial charge in [-0.2, -0.15) is 13.2 Å². The van der Waals surface area contributed by atoms with Crippen molar-refractivity contribution in [3.05, 3.63) is 75.8 Å². The third-order valence-electron chi connectivity index (χ3n) is 5.57. The zero-order chi connectivity index (χ0) is 26.0. The molecular formula is C25H20ClF4N3O3. The summed E-state index contributed by atoms with van der Waals surface area (Å²) in [6.45, 7) is 1.65. The van der Waals surface area contributed by atoms with Crippen molar-refractivity contribution in [2.45, 2.75) is 38.8 Å². The van der Waals surface area contributed by atoms with Crippen LogP contribution in [0.2, 0.25) is 5.02 Å². The SMILES string of the molecule is Cc1cc(Oc2cc(NC(=O)C3CC3)ncn2)c(F)cc1CC(=O)Cc1ccc(Cl)c(C(F)(F)F)c1. The summed E-state index contributed by atoms with van der Waals surface area (Å²) in [7, 11) is 0. The monoisotopic (exact) mass is 521 g/mol. The summed E-state index contributed by atoms with van der Waals surface area (Å²) in [5, 5.41) is 2.20. The summed E-state index contributed by atoms with van der Waals surface area (Å²) in [6, 6.07) is 7.19. The van der Waals surface area contributed by atoms with E-state index in [0.717, 1.165) is 31.0 Å². The number of rotatable bonds is 8. The van der Waals surface area contributed by atoms with Crippen molar-refractivity contribution >= 4 is 29.1 Å². The Morgan fingerprint density at radius 3 is 2.56 bits per heavy atom. The molecule has 1 aromatic heterocycles. The molecule has 188 valence electrons. The van der Waals surface area contributed by atoms with Crippen LogP contribution < -0.4 is 10.1 Å². The van der Waals surface area contributed by atoms with E-state index in [1.165, 1.54) is 24.5 Å². The van der Waals surface area contributed by atoms with Gasteiger partial charge in [-0.25, -0.2) is 14.4 Å². The minimum Gasteiger partial charge on any atom is -0.436 e. The van der Waals surface area contributed by atoms with E-state index in [0.29, 0.717) is 11.1 Å². The van der Waals surface area contributed by atoms with Crippen molar-refractivity contribution < 1.29 is 31.9 Å². The van der Waals surface area contributed by atoms with E-state index in [4.69, 9.17) is 16.3 Å². The van der Waals surface area contributed by atoms with Gasteiger partial charge < -0.3 is 10.1 Å². The van der Waals surface area contributed by atoms with E-state index < -0.39 is 28.4 Å². The second-order valence-electron chi connectivity index (χ2n) is 8.52. The number of alkyl halides is 3. The van der Waals surface area contributed by atoms with E-state index >= 15 is 0 Å². The summed E-state index contributed by atoms with van der Waals surface area (Å²) in [5.41, 5.74) is 0.0550. The molecule has 1 N–H and O–H groups in total. The van der Waals surface area contributed by atoms with Crippen LogP contribution in [0.25, 0.3) is 0 Å². The maximum atomic E-state index is 14.8. The highest BCUT2D eigenvalue weighted by Gasteiger charge is 2.33. The van der Waals surface area contributed by atoms with Gasteiger partial charge in [-0.15, -0.1) is 0 Å². The van der Waals surface area contributed by atoms with Crippen LogP contribution in [0, 0.1) is 18.7 Å². The van der Waals surface area contributed by atoms with Gasteiger partial charge in [0.15, 0.2) is 11.6 Å². The third kappa shape index (κ3) is 6.37. The van der Waals surface area contributed by atoms with Crippen molar-refractivity contribution in [1.82, 2.24) is 9.97 Å². The fourth-order valence-corrected chi connectivity index (χ4v) is 3.74. The molecule has 0 saturated heterocycles. The summed E-state index contributed by atoms with van der Waals surface area (Å²) in [4.78, 5) is 32.3. The number of halogens is 5. The van der Waals surface area contributed by atoms with Crippen molar-refractivity contribution in [3.63, 3.8) is 0 Å². The highest BCUT2D eigenvalue weighted by Crippen LogP contribution is 2.35. The molecule has 0 spiro atoms. The predicted octanol–water partition coefficient (Wildman–Crippen LogP) is 6.09. The number of nitrogens with zero attached hydrogens (tertiary/aromatic N) is 2. The topological polar surface area (TPSA) is 81.2 Å². The van der Waals surface area contributed by atoms with E-state index in [1.54, 1.807) is 6.92 Å². The fourth-order valence-electron chi connectivity index (χ4n) is 3.52. The number of hydrogen-bond acceptors (Lipinski definition) is 5. The lowest BCUT2D eigenvalue weighted by atomic mass is 9.98. The Morgan fingerprint density at radius 1 is 1.11 bits per heavy atom. The number of amides is 1. The molecule has 4 rings (SSSR count). The molecule has 3 aromatic rings. The Kier molecular flexibility index (Phi) is 7.26. The minimum atomic E-state index is -4.64. The van der Waals surface area contributed by atoms with Gasteiger partial charge >= 0.3 is 6.18 Å². The first-order valence-electron chi connectivity index (χ1n) is 11.0. The van der Waals surface area contributed by atoms with E-state index in [1.807, 2.05) is 0 Å². The molecule has 1 fully saturated rings. The number of carbonyl (C=O) groups is 2. The molecule has 0 atom stereocenters. The minimum absolute atomic E-state index is 0.0152. The van der Waals surface area contributed by atoms with E-state index in [2.05, 4.69) is 15.3 Å². The first-order chi connectivity index (χ1) is 17.0. The Balaban J connectivity index is 1.43. The van der Waals surface area contributed by atoms with Crippen LogP contribution >= 0.6 is 11.6 Å². The average molecular weight is 522 g/mol. The molecule has 6 nitrogen and oxygen atoms in total. The lowest BCUT2D eigenvalue weighted by Crippen LogP contribution is -2.14. The Bertz CT molecular complexity index is 1330. The van der Waals surface area contributed by atoms with Crippen molar-refractivity contribution in [1.29, 1.82) is 0 Å². The number of ether oxygens (including phenoxy) is 1. The number of aromatic nitrogens is 2. The molecule has 2 aromatic carbocycles. The largest absolute Gasteiger partial charge is 0.436 e. The number of anilines is 1. The standard InChI is InChI=1S/C25H20ClF4N3O3/c1-13-6-21(36-23-11-22(31-12-32-23)33-24(35)15-3-4-15)20(27)10-16(13)9-17(34)7-14-2-5-19(26)18(8-14)25(28,29)30/h2,5-6,8,10-12,15H,3-4,7,9H2,1H3,(H,31,32,33,35). The number of ketones is 1. The maximum absolute atomic E-state index is 14.8. The maximum Gasteiger partial charge on any atom is 0.417 e. The number of Topliss-reactive ketones (excluding diaryl/α,β-unsaturated/α-hetero) is 1. The van der Waals surface area contributed by atoms with Gasteiger partial charge in [0.05, 0.1) is 10.6 Å². The zero-order valence-corrected chi connectivity index (χ0v) is 19.7. The lowest BCUT2D eigenvalue weighted by molar-refractivity contribution is -0.137. The molecule has 0 aliphatic heterocycles. The molecule has 0 bridgehead atoms. The third-order valence-corrected chi connectivity index (χ3v) is 5.90. The van der Waals surface area contributed by atoms with Gasteiger partial charge in [-0.05, 0) is 60.7 Å². The molecule has 1 saturated carbocycles. The molecule has 1 aliphatic rings. The summed E-state index contributed by atoms with van der Waals surface area (Å²) >= 11 is 5.62. The second-order valence-corrected chi connectivity index (χ2v) is 8.93. The Labute approximate surface area is 208 Å². The van der Waals surface area contributed by atoms with Gasteiger partial charge in [0.2, 0.25) is 11.8 Å². The van der Waals surface area contributed by atoms with Crippen LogP contribution in [0.15, 0.2) is 42.7 Å². The average Bonchev–Trinajstić information content (AvgIpc) is 3.64. The van der Waals surface area contributed by atoms with Crippen molar-refractivity contribution in [2.75, 3.05) is 5.32 Å². The number of carbonyl (C=O) groups excluding carboxylic acids is 2. The molecule has 11 heteroatoms. The van der Waals surface area contributed by atoms with Gasteiger partial charge in [0, 0.05) is 24.8 Å². The van der Waals surface area contributed by atoms with Gasteiger partial charge in [-0.1, -0.05) is 17.7 Å². The smallest absolute Gasteiger partial charge is 0.417 e. The molecule has 36 heavy (non-hydrogen) atoms. The molecular weight excluding hydrogens is 502 g/mol. The molecule has 1 amide bonds. The van der Waals surface area contributed by atoms with Crippen LogP contribution in [0.5, 0.6) is 11.6 Å². The van der Waals surface area contributed by atoms with Crippen LogP contribution in [-0.2, 0) is 28.6 Å². The first kappa shape index (κ1) is 25.6. The molecule has 0 unspecified atom stereocenters. The van der Waals surface area contributed by atoms with E-state index in [9.17, 15) is 27.2 Å². The molecule has 1 aliphatic carbocycles. The van der Waals surface area contributed by atoms with Gasteiger partial charge in [0.1, 0.15) is 17.9 Å². The van der Waals surface area contributed by atoms with Crippen molar-refractivity contribution in [2.24, 2.45) is 5.92 Å². The zero-order valence-electron chi connectivity index (χ0n) is 19.0. The fraction of sp³-hybridized carbons (Fsp3) is 0.280. The van der Waals surface area contributed by atoms with Gasteiger partial charge in [0.25, 0.3) is 0 Å². The van der Waals surface area contributed by atoms with E-state index in [-0.39, 0.29) is 47.7 Å². The number of nitrogens with one attached hydrogen (secondary N) is 1. The Morgan fingerprint density at radius 2 is 1.86 bits per heavy atom. The Hall–Kier alpha value is -3.53. The number of hydrogen-bond donors (Lipinski definition) is 1. The lowest BCUT2D eigenvalue weighted by Gasteiger charge is -2.12. The van der Waals surface area contributed by atoms with Crippen LogP contribution in [0.4, 0.5) is 23.4 Å². The van der Waals surface area contributed by atoms with Crippen LogP contribution in [-0.4, -0.2) is 21.7 Å². The quantitative estimate of drug-likeness (QED) is 0.363.